The van der Waals surface area contributed by atoms with Gasteiger partial charge in [-0.05, 0) is 18.9 Å². The third kappa shape index (κ3) is 2.02. The predicted octanol–water partition coefficient (Wildman–Crippen LogP) is 3.40. The summed E-state index contributed by atoms with van der Waals surface area (Å²) in [5.74, 6) is -2.18. The van der Waals surface area contributed by atoms with Crippen molar-refractivity contribution < 1.29 is 8.78 Å². The quantitative estimate of drug-likeness (QED) is 0.614. The van der Waals surface area contributed by atoms with Crippen LogP contribution in [-0.4, -0.2) is 16.7 Å². The van der Waals surface area contributed by atoms with Crippen molar-refractivity contribution in [3.05, 3.63) is 48.4 Å². The molecule has 0 aliphatic carbocycles. The molecule has 0 radical (unpaired) electrons. The number of halogens is 2. The van der Waals surface area contributed by atoms with Crippen molar-refractivity contribution in [2.45, 2.75) is 0 Å². The van der Waals surface area contributed by atoms with E-state index in [-0.39, 0.29) is 11.3 Å². The topological polar surface area (TPSA) is 38.1 Å². The molecule has 2 aromatic heterocycles. The summed E-state index contributed by atoms with van der Waals surface area (Å²) in [5, 5.41) is 0. The van der Waals surface area contributed by atoms with Crippen LogP contribution in [-0.2, 0) is 0 Å². The number of hydrogen-bond acceptors (Lipinski definition) is 3. The van der Waals surface area contributed by atoms with Gasteiger partial charge >= 0.3 is 0 Å². The predicted molar refractivity (Wildman–Crippen MR) is 66.7 cm³/mol. The summed E-state index contributed by atoms with van der Waals surface area (Å²) >= 11 is 0. The summed E-state index contributed by atoms with van der Waals surface area (Å²) in [5.41, 5.74) is 1.51. The lowest BCUT2D eigenvalue weighted by molar-refractivity contribution is 0.481. The number of aliphatic imine (C=N–C) groups is 1. The molecule has 90 valence electrons. The van der Waals surface area contributed by atoms with Crippen LogP contribution in [0.25, 0.3) is 17.3 Å². The van der Waals surface area contributed by atoms with Crippen LogP contribution in [0, 0.1) is 11.8 Å². The molecule has 0 atom stereocenters. The first kappa shape index (κ1) is 12.0. The molecular weight excluding hydrogens is 236 g/mol. The summed E-state index contributed by atoms with van der Waals surface area (Å²) in [6.45, 7) is 7.01. The number of aromatic nitrogens is 2. The van der Waals surface area contributed by atoms with Crippen LogP contribution in [0.3, 0.4) is 0 Å². The van der Waals surface area contributed by atoms with Crippen LogP contribution < -0.4 is 0 Å². The van der Waals surface area contributed by atoms with E-state index in [0.29, 0.717) is 11.3 Å². The van der Waals surface area contributed by atoms with Gasteiger partial charge < -0.3 is 0 Å². The first-order chi connectivity index (χ1) is 8.67. The maximum atomic E-state index is 13.6. The zero-order valence-electron chi connectivity index (χ0n) is 9.40. The van der Waals surface area contributed by atoms with Crippen LogP contribution >= 0.6 is 0 Å². The van der Waals surface area contributed by atoms with E-state index in [1.165, 1.54) is 18.5 Å². The highest BCUT2D eigenvalue weighted by atomic mass is 19.2. The maximum absolute atomic E-state index is 13.6. The lowest BCUT2D eigenvalue weighted by Crippen LogP contribution is -1.95. The van der Waals surface area contributed by atoms with E-state index >= 15 is 0 Å². The Hall–Kier alpha value is -2.43. The summed E-state index contributed by atoms with van der Waals surface area (Å²) in [4.78, 5) is 11.0. The third-order valence-corrected chi connectivity index (χ3v) is 2.43. The van der Waals surface area contributed by atoms with E-state index in [1.54, 1.807) is 12.1 Å². The van der Waals surface area contributed by atoms with Gasteiger partial charge in [0.05, 0.1) is 17.6 Å². The summed E-state index contributed by atoms with van der Waals surface area (Å²) in [6.07, 6.45) is 4.16. The van der Waals surface area contributed by atoms with Crippen molar-refractivity contribution in [1.82, 2.24) is 9.97 Å². The smallest absolute Gasteiger partial charge is 0.249 e. The molecule has 2 aromatic rings. The number of hydrogen-bond donors (Lipinski definition) is 0. The van der Waals surface area contributed by atoms with E-state index in [1.807, 2.05) is 0 Å². The van der Waals surface area contributed by atoms with Crippen molar-refractivity contribution in [2.75, 3.05) is 0 Å². The molecule has 0 bridgehead atoms. The molecule has 0 unspecified atom stereocenters. The highest BCUT2D eigenvalue weighted by Crippen LogP contribution is 2.27. The molecule has 0 aliphatic rings. The van der Waals surface area contributed by atoms with E-state index < -0.39 is 11.8 Å². The molecule has 3 nitrogen and oxygen atoms in total. The van der Waals surface area contributed by atoms with Crippen molar-refractivity contribution >= 4 is 18.5 Å². The molecule has 5 heteroatoms. The Morgan fingerprint density at radius 1 is 1.28 bits per heavy atom. The second kappa shape index (κ2) is 4.83. The zero-order valence-corrected chi connectivity index (χ0v) is 9.40. The minimum atomic E-state index is -1.15. The number of nitrogens with zero attached hydrogens (tertiary/aromatic N) is 3. The third-order valence-electron chi connectivity index (χ3n) is 2.43. The molecule has 18 heavy (non-hydrogen) atoms. The molecule has 0 saturated heterocycles. The molecular formula is C13H9F2N3. The van der Waals surface area contributed by atoms with Gasteiger partial charge in [0.25, 0.3) is 0 Å². The van der Waals surface area contributed by atoms with Gasteiger partial charge in [-0.3, -0.25) is 9.98 Å². The number of rotatable bonds is 3. The monoisotopic (exact) mass is 245 g/mol. The fourth-order valence-electron chi connectivity index (χ4n) is 1.52. The van der Waals surface area contributed by atoms with Gasteiger partial charge in [0.15, 0.2) is 5.82 Å². The molecule has 0 amide bonds. The van der Waals surface area contributed by atoms with Crippen LogP contribution in [0.5, 0.6) is 0 Å². The standard InChI is InChI=1S/C13H9F2N3/c1-3-8-6-10(18-7-11(8)16-2)9-4-5-17-13(15)12(9)14/h3-7H,1-2H2. The van der Waals surface area contributed by atoms with Gasteiger partial charge in [0, 0.05) is 17.3 Å². The fourth-order valence-corrected chi connectivity index (χ4v) is 1.52. The highest BCUT2D eigenvalue weighted by Gasteiger charge is 2.13. The SMILES string of the molecule is C=Cc1cc(-c2ccnc(F)c2F)ncc1N=C. The van der Waals surface area contributed by atoms with E-state index in [2.05, 4.69) is 28.3 Å². The van der Waals surface area contributed by atoms with Gasteiger partial charge in [-0.1, -0.05) is 12.7 Å². The molecule has 0 saturated carbocycles. The van der Waals surface area contributed by atoms with Crippen LogP contribution in [0.2, 0.25) is 0 Å². The lowest BCUT2D eigenvalue weighted by atomic mass is 10.1. The van der Waals surface area contributed by atoms with Crippen molar-refractivity contribution in [1.29, 1.82) is 0 Å². The average molecular weight is 245 g/mol. The van der Waals surface area contributed by atoms with E-state index in [0.717, 1.165) is 0 Å². The Morgan fingerprint density at radius 3 is 2.72 bits per heavy atom. The molecule has 0 aliphatic heterocycles. The van der Waals surface area contributed by atoms with Crippen LogP contribution in [0.1, 0.15) is 5.56 Å². The number of pyridine rings is 2. The Labute approximate surface area is 103 Å². The molecule has 0 spiro atoms. The second-order valence-electron chi connectivity index (χ2n) is 3.45. The van der Waals surface area contributed by atoms with E-state index in [4.69, 9.17) is 0 Å². The molecule has 0 fully saturated rings. The summed E-state index contributed by atoms with van der Waals surface area (Å²) in [7, 11) is 0. The summed E-state index contributed by atoms with van der Waals surface area (Å²) in [6, 6.07) is 2.92. The minimum absolute atomic E-state index is 0.0428. The van der Waals surface area contributed by atoms with E-state index in [9.17, 15) is 8.78 Å². The Balaban J connectivity index is 2.61. The largest absolute Gasteiger partial charge is 0.262 e. The fraction of sp³-hybridized carbons (Fsp3) is 0. The Kier molecular flexibility index (Phi) is 3.23. The maximum Gasteiger partial charge on any atom is 0.249 e. The minimum Gasteiger partial charge on any atom is -0.262 e. The van der Waals surface area contributed by atoms with Gasteiger partial charge in [-0.2, -0.15) is 4.39 Å². The first-order valence-corrected chi connectivity index (χ1v) is 5.07. The normalized spacial score (nSPS) is 10.1. The Bertz CT molecular complexity index is 624. The average Bonchev–Trinajstić information content (AvgIpc) is 2.41. The molecule has 0 N–H and O–H groups in total. The van der Waals surface area contributed by atoms with Crippen molar-refractivity contribution in [3.63, 3.8) is 0 Å². The highest BCUT2D eigenvalue weighted by molar-refractivity contribution is 5.70. The van der Waals surface area contributed by atoms with Gasteiger partial charge in [-0.15, -0.1) is 0 Å². The van der Waals surface area contributed by atoms with Crippen molar-refractivity contribution in [3.8, 4) is 11.3 Å². The Morgan fingerprint density at radius 2 is 2.06 bits per heavy atom. The van der Waals surface area contributed by atoms with Crippen molar-refractivity contribution in [2.24, 2.45) is 4.99 Å². The molecule has 0 aromatic carbocycles. The molecule has 2 heterocycles. The van der Waals surface area contributed by atoms with Gasteiger partial charge in [0.2, 0.25) is 5.95 Å². The summed E-state index contributed by atoms with van der Waals surface area (Å²) < 4.78 is 26.6. The van der Waals surface area contributed by atoms with Gasteiger partial charge in [-0.25, -0.2) is 9.37 Å². The first-order valence-electron chi connectivity index (χ1n) is 5.07. The molecule has 2 rings (SSSR count). The zero-order chi connectivity index (χ0) is 13.1. The lowest BCUT2D eigenvalue weighted by Gasteiger charge is -2.05. The van der Waals surface area contributed by atoms with Crippen LogP contribution in [0.4, 0.5) is 14.5 Å². The van der Waals surface area contributed by atoms with Crippen LogP contribution in [0.15, 0.2) is 36.1 Å². The second-order valence-corrected chi connectivity index (χ2v) is 3.45. The van der Waals surface area contributed by atoms with Gasteiger partial charge in [0.1, 0.15) is 0 Å².